The molecule has 1 atom stereocenters. The highest BCUT2D eigenvalue weighted by Crippen LogP contribution is 2.44. The number of rotatable bonds is 5. The van der Waals surface area contributed by atoms with E-state index in [9.17, 15) is 10.5 Å². The summed E-state index contributed by atoms with van der Waals surface area (Å²) in [6.45, 7) is 19.5. The molecule has 0 bridgehead atoms. The summed E-state index contributed by atoms with van der Waals surface area (Å²) in [5.74, 6) is 0. The molecule has 28 heavy (non-hydrogen) atoms. The molecule has 0 aromatic heterocycles. The van der Waals surface area contributed by atoms with Crippen LogP contribution in [0.15, 0.2) is 30.3 Å². The summed E-state index contributed by atoms with van der Waals surface area (Å²) in [5.41, 5.74) is 3.81. The van der Waals surface area contributed by atoms with Crippen LogP contribution in [0.4, 0.5) is 0 Å². The lowest BCUT2D eigenvalue weighted by molar-refractivity contribution is -0.379. The van der Waals surface area contributed by atoms with E-state index >= 15 is 0 Å². The Morgan fingerprint density at radius 3 is 1.96 bits per heavy atom. The lowest BCUT2D eigenvalue weighted by Crippen LogP contribution is -2.53. The molecule has 1 unspecified atom stereocenters. The van der Waals surface area contributed by atoms with Crippen molar-refractivity contribution in [3.8, 4) is 11.1 Å². The second-order valence-corrected chi connectivity index (χ2v) is 15.5. The van der Waals surface area contributed by atoms with Crippen LogP contribution < -0.4 is 5.19 Å². The van der Waals surface area contributed by atoms with E-state index in [-0.39, 0.29) is 5.04 Å². The Bertz CT molecular complexity index is 790. The van der Waals surface area contributed by atoms with Crippen LogP contribution in [0.1, 0.15) is 65.8 Å². The highest BCUT2D eigenvalue weighted by molar-refractivity contribution is 6.93. The molecular weight excluding hydrogens is 366 g/mol. The van der Waals surface area contributed by atoms with E-state index in [1.54, 1.807) is 0 Å². The van der Waals surface area contributed by atoms with Crippen LogP contribution in [0.2, 0.25) is 18.1 Å². The molecule has 2 rings (SSSR count). The van der Waals surface area contributed by atoms with Gasteiger partial charge >= 0.3 is 0 Å². The zero-order chi connectivity index (χ0) is 21.5. The third-order valence-corrected chi connectivity index (χ3v) is 11.9. The van der Waals surface area contributed by atoms with E-state index in [0.29, 0.717) is 0 Å². The molecule has 4 nitrogen and oxygen atoms in total. The van der Waals surface area contributed by atoms with Crippen molar-refractivity contribution in [3.05, 3.63) is 41.5 Å². The van der Waals surface area contributed by atoms with Gasteiger partial charge in [0, 0.05) is 11.1 Å². The van der Waals surface area contributed by atoms with Gasteiger partial charge in [0.2, 0.25) is 0 Å². The van der Waals surface area contributed by atoms with Crippen molar-refractivity contribution in [2.45, 2.75) is 84.8 Å². The maximum Gasteiger partial charge on any atom is 0.193 e. The van der Waals surface area contributed by atoms with Crippen LogP contribution in [0.3, 0.4) is 0 Å². The summed E-state index contributed by atoms with van der Waals surface area (Å²) in [4.78, 5) is 4.97. The lowest BCUT2D eigenvalue weighted by Gasteiger charge is -2.41. The van der Waals surface area contributed by atoms with Gasteiger partial charge in [0.25, 0.3) is 0 Å². The molecule has 0 amide bonds. The van der Waals surface area contributed by atoms with Gasteiger partial charge in [-0.3, -0.25) is 0 Å². The summed E-state index contributed by atoms with van der Waals surface area (Å²) >= 11 is 0. The van der Waals surface area contributed by atoms with Gasteiger partial charge < -0.3 is 5.21 Å². The second-order valence-electron chi connectivity index (χ2n) is 10.2. The van der Waals surface area contributed by atoms with Crippen LogP contribution in [0, 0.1) is 0 Å². The fourth-order valence-electron chi connectivity index (χ4n) is 3.76. The van der Waals surface area contributed by atoms with Gasteiger partial charge in [-0.2, -0.15) is 5.06 Å². The highest BCUT2D eigenvalue weighted by Gasteiger charge is 2.45. The molecule has 0 heterocycles. The maximum absolute atomic E-state index is 11.0. The molecule has 0 spiro atoms. The van der Waals surface area contributed by atoms with Crippen molar-refractivity contribution in [1.29, 1.82) is 0 Å². The first-order valence-corrected chi connectivity index (χ1v) is 13.1. The SMILES string of the molecule is CCc1c2cccccc-2c(C(OO)N(O)C(C)(C)C)c1[Si](C)(C)C(C)(C)C. The first-order chi connectivity index (χ1) is 12.8. The Balaban J connectivity index is 2.98. The summed E-state index contributed by atoms with van der Waals surface area (Å²) in [5, 5.41) is 23.4. The molecular formula is C23H37NO3Si. The minimum atomic E-state index is -2.01. The number of hydrogen-bond acceptors (Lipinski definition) is 4. The van der Waals surface area contributed by atoms with Crippen LogP contribution in [0.25, 0.3) is 11.1 Å². The van der Waals surface area contributed by atoms with Crippen molar-refractivity contribution in [1.82, 2.24) is 5.06 Å². The first-order valence-electron chi connectivity index (χ1n) is 10.1. The standard InChI is InChI=1S/C23H37NO3Si/c1-10-16-17-14-12-11-13-15-18(17)19(20(16)28(8,9)23(5,6)7)21(27-26)24(25)22(2,3)4/h11-15,21,25-26H,10H2,1-9H3. The van der Waals surface area contributed by atoms with Crippen LogP contribution in [-0.4, -0.2) is 29.1 Å². The third kappa shape index (κ3) is 3.91. The van der Waals surface area contributed by atoms with Crippen LogP contribution in [0.5, 0.6) is 0 Å². The molecule has 0 fully saturated rings. The van der Waals surface area contributed by atoms with Crippen LogP contribution in [-0.2, 0) is 11.3 Å². The van der Waals surface area contributed by atoms with Crippen molar-refractivity contribution in [2.75, 3.05) is 0 Å². The lowest BCUT2D eigenvalue weighted by atomic mass is 10.0. The molecule has 0 radical (unpaired) electrons. The van der Waals surface area contributed by atoms with Crippen molar-refractivity contribution in [3.63, 3.8) is 0 Å². The van der Waals surface area contributed by atoms with E-state index < -0.39 is 19.8 Å². The molecule has 0 saturated heterocycles. The molecule has 5 heteroatoms. The molecule has 2 N–H and O–H groups in total. The van der Waals surface area contributed by atoms with Gasteiger partial charge in [0.15, 0.2) is 6.23 Å². The van der Waals surface area contributed by atoms with E-state index in [4.69, 9.17) is 4.89 Å². The zero-order valence-corrected chi connectivity index (χ0v) is 19.9. The smallest absolute Gasteiger partial charge is 0.193 e. The molecule has 0 aliphatic heterocycles. The van der Waals surface area contributed by atoms with E-state index in [1.165, 1.54) is 16.3 Å². The van der Waals surface area contributed by atoms with Gasteiger partial charge in [-0.1, -0.05) is 71.1 Å². The molecule has 0 saturated carbocycles. The summed E-state index contributed by atoms with van der Waals surface area (Å²) in [6.07, 6.45) is -0.0594. The Morgan fingerprint density at radius 1 is 1.00 bits per heavy atom. The van der Waals surface area contributed by atoms with Gasteiger partial charge in [-0.15, -0.1) is 0 Å². The Hall–Kier alpha value is -1.24. The largest absolute Gasteiger partial charge is 0.311 e. The molecule has 156 valence electrons. The average Bonchev–Trinajstić information content (AvgIpc) is 2.71. The first kappa shape index (κ1) is 23.0. The number of nitrogens with zero attached hydrogens (tertiary/aromatic N) is 1. The van der Waals surface area contributed by atoms with Crippen molar-refractivity contribution >= 4 is 13.3 Å². The fraction of sp³-hybridized carbons (Fsp3) is 0.565. The second kappa shape index (κ2) is 7.88. The highest BCUT2D eigenvalue weighted by atomic mass is 28.3. The molecule has 0 aromatic rings. The Kier molecular flexibility index (Phi) is 6.48. The summed E-state index contributed by atoms with van der Waals surface area (Å²) < 4.78 is 0. The Labute approximate surface area is 171 Å². The van der Waals surface area contributed by atoms with E-state index in [0.717, 1.165) is 22.6 Å². The number of fused-ring (bicyclic) bond motifs is 1. The van der Waals surface area contributed by atoms with E-state index in [1.807, 2.05) is 32.9 Å². The fourth-order valence-corrected chi connectivity index (χ4v) is 6.51. The zero-order valence-electron chi connectivity index (χ0n) is 18.9. The predicted octanol–water partition coefficient (Wildman–Crippen LogP) is 6.05. The summed E-state index contributed by atoms with van der Waals surface area (Å²) in [7, 11) is -2.01. The topological polar surface area (TPSA) is 52.9 Å². The molecule has 0 aromatic carbocycles. The normalized spacial score (nSPS) is 14.7. The molecule has 2 aliphatic rings. The van der Waals surface area contributed by atoms with Crippen LogP contribution >= 0.6 is 0 Å². The number of hydrogen-bond donors (Lipinski definition) is 2. The van der Waals surface area contributed by atoms with Gasteiger partial charge in [0.1, 0.15) is 0 Å². The van der Waals surface area contributed by atoms with Gasteiger partial charge in [-0.25, -0.2) is 10.1 Å². The average molecular weight is 404 g/mol. The van der Waals surface area contributed by atoms with Crippen molar-refractivity contribution in [2.24, 2.45) is 0 Å². The van der Waals surface area contributed by atoms with Gasteiger partial charge in [-0.05, 0) is 54.1 Å². The monoisotopic (exact) mass is 403 g/mol. The van der Waals surface area contributed by atoms with Gasteiger partial charge in [0.05, 0.1) is 8.07 Å². The quantitative estimate of drug-likeness (QED) is 0.276. The third-order valence-electron chi connectivity index (χ3n) is 6.33. The van der Waals surface area contributed by atoms with Crippen molar-refractivity contribution < 1.29 is 15.4 Å². The summed E-state index contributed by atoms with van der Waals surface area (Å²) in [6, 6.07) is 10.3. The number of hydroxylamine groups is 2. The Morgan fingerprint density at radius 2 is 1.54 bits per heavy atom. The molecule has 2 aliphatic carbocycles. The van der Waals surface area contributed by atoms with E-state index in [2.05, 4.69) is 59.0 Å². The predicted molar refractivity (Wildman–Crippen MR) is 119 cm³/mol. The minimum absolute atomic E-state index is 0.0975. The maximum atomic E-state index is 11.0. The minimum Gasteiger partial charge on any atom is -0.311 e.